The standard InChI is InChI=1S/C12H13ClN4O2S/c1-17(2)12-4-3-9(7-15-12)16-20(18,19)11-8-14-6-5-10(11)13/h3-8,16H,1-2H3. The van der Waals surface area contributed by atoms with Crippen molar-refractivity contribution in [3.8, 4) is 0 Å². The zero-order chi connectivity index (χ0) is 14.8. The number of nitrogens with one attached hydrogen (secondary N) is 1. The highest BCUT2D eigenvalue weighted by molar-refractivity contribution is 7.92. The Bertz CT molecular complexity index is 702. The third-order valence-electron chi connectivity index (χ3n) is 2.48. The Labute approximate surface area is 122 Å². The Kier molecular flexibility index (Phi) is 4.10. The van der Waals surface area contributed by atoms with Crippen LogP contribution in [-0.2, 0) is 10.0 Å². The van der Waals surface area contributed by atoms with Crippen LogP contribution in [0.2, 0.25) is 5.02 Å². The maximum absolute atomic E-state index is 12.2. The fraction of sp³-hybridized carbons (Fsp3) is 0.167. The second-order valence-electron chi connectivity index (χ2n) is 4.21. The third kappa shape index (κ3) is 3.17. The van der Waals surface area contributed by atoms with Crippen molar-refractivity contribution in [2.24, 2.45) is 0 Å². The molecule has 0 amide bonds. The molecular weight excluding hydrogens is 300 g/mol. The molecule has 2 heterocycles. The van der Waals surface area contributed by atoms with Crippen LogP contribution in [0.4, 0.5) is 11.5 Å². The van der Waals surface area contributed by atoms with E-state index in [0.29, 0.717) is 5.69 Å². The van der Waals surface area contributed by atoms with Crippen molar-refractivity contribution in [3.63, 3.8) is 0 Å². The predicted octanol–water partition coefficient (Wildman–Crippen LogP) is 2.00. The molecule has 2 rings (SSSR count). The normalized spacial score (nSPS) is 11.2. The van der Waals surface area contributed by atoms with Gasteiger partial charge in [0, 0.05) is 26.5 Å². The lowest BCUT2D eigenvalue weighted by Crippen LogP contribution is -2.15. The smallest absolute Gasteiger partial charge is 0.264 e. The van der Waals surface area contributed by atoms with Gasteiger partial charge in [0.1, 0.15) is 10.7 Å². The number of anilines is 2. The van der Waals surface area contributed by atoms with E-state index in [1.807, 2.05) is 19.0 Å². The first kappa shape index (κ1) is 14.5. The molecule has 1 N–H and O–H groups in total. The van der Waals surface area contributed by atoms with Gasteiger partial charge in [-0.25, -0.2) is 13.4 Å². The number of rotatable bonds is 4. The minimum Gasteiger partial charge on any atom is -0.363 e. The van der Waals surface area contributed by atoms with E-state index in [1.54, 1.807) is 12.1 Å². The fourth-order valence-electron chi connectivity index (χ4n) is 1.48. The van der Waals surface area contributed by atoms with Gasteiger partial charge in [0.25, 0.3) is 10.0 Å². The first-order valence-electron chi connectivity index (χ1n) is 5.66. The highest BCUT2D eigenvalue weighted by atomic mass is 35.5. The zero-order valence-electron chi connectivity index (χ0n) is 10.9. The molecule has 2 aromatic rings. The summed E-state index contributed by atoms with van der Waals surface area (Å²) in [4.78, 5) is 9.64. The first-order chi connectivity index (χ1) is 9.40. The average Bonchev–Trinajstić information content (AvgIpc) is 2.39. The van der Waals surface area contributed by atoms with Crippen LogP contribution in [0.5, 0.6) is 0 Å². The Morgan fingerprint density at radius 3 is 2.50 bits per heavy atom. The van der Waals surface area contributed by atoms with Gasteiger partial charge >= 0.3 is 0 Å². The van der Waals surface area contributed by atoms with Crippen molar-refractivity contribution < 1.29 is 8.42 Å². The molecule has 6 nitrogen and oxygen atoms in total. The van der Waals surface area contributed by atoms with Crippen LogP contribution in [0.15, 0.2) is 41.7 Å². The van der Waals surface area contributed by atoms with Crippen LogP contribution in [-0.4, -0.2) is 32.5 Å². The number of aromatic nitrogens is 2. The summed E-state index contributed by atoms with van der Waals surface area (Å²) in [5, 5.41) is 0.116. The van der Waals surface area contributed by atoms with Crippen molar-refractivity contribution >= 4 is 33.1 Å². The summed E-state index contributed by atoms with van der Waals surface area (Å²) in [5.41, 5.74) is 0.357. The molecule has 0 aliphatic carbocycles. The van der Waals surface area contributed by atoms with Gasteiger partial charge in [-0.3, -0.25) is 9.71 Å². The minimum absolute atomic E-state index is 0.0710. The first-order valence-corrected chi connectivity index (χ1v) is 7.52. The summed E-state index contributed by atoms with van der Waals surface area (Å²) >= 11 is 5.86. The highest BCUT2D eigenvalue weighted by Gasteiger charge is 2.18. The molecule has 0 unspecified atom stereocenters. The molecule has 0 saturated heterocycles. The Hall–Kier alpha value is -1.86. The lowest BCUT2D eigenvalue weighted by molar-refractivity contribution is 0.601. The molecule has 0 aromatic carbocycles. The molecule has 0 bridgehead atoms. The summed E-state index contributed by atoms with van der Waals surface area (Å²) in [6.45, 7) is 0. The van der Waals surface area contributed by atoms with Crippen molar-refractivity contribution in [2.75, 3.05) is 23.7 Å². The zero-order valence-corrected chi connectivity index (χ0v) is 12.5. The van der Waals surface area contributed by atoms with Gasteiger partial charge in [0.05, 0.1) is 16.9 Å². The molecule has 0 aliphatic heterocycles. The van der Waals surface area contributed by atoms with E-state index >= 15 is 0 Å². The van der Waals surface area contributed by atoms with Crippen LogP contribution in [0, 0.1) is 0 Å². The van der Waals surface area contributed by atoms with Crippen molar-refractivity contribution in [3.05, 3.63) is 41.8 Å². The number of hydrogen-bond donors (Lipinski definition) is 1. The van der Waals surface area contributed by atoms with Crippen LogP contribution < -0.4 is 9.62 Å². The molecule has 0 atom stereocenters. The van der Waals surface area contributed by atoms with Crippen molar-refractivity contribution in [1.82, 2.24) is 9.97 Å². The summed E-state index contributed by atoms with van der Waals surface area (Å²) in [7, 11) is -0.0776. The molecule has 20 heavy (non-hydrogen) atoms. The van der Waals surface area contributed by atoms with E-state index in [0.717, 1.165) is 5.82 Å². The summed E-state index contributed by atoms with van der Waals surface area (Å²) in [6.07, 6.45) is 4.07. The topological polar surface area (TPSA) is 75.2 Å². The third-order valence-corrected chi connectivity index (χ3v) is 4.33. The molecule has 0 fully saturated rings. The largest absolute Gasteiger partial charge is 0.363 e. The molecule has 0 radical (unpaired) electrons. The summed E-state index contributed by atoms with van der Waals surface area (Å²) < 4.78 is 26.7. The van der Waals surface area contributed by atoms with Gasteiger partial charge in [-0.15, -0.1) is 0 Å². The van der Waals surface area contributed by atoms with E-state index in [4.69, 9.17) is 11.6 Å². The van der Waals surface area contributed by atoms with E-state index in [2.05, 4.69) is 14.7 Å². The van der Waals surface area contributed by atoms with Gasteiger partial charge in [0.15, 0.2) is 0 Å². The quantitative estimate of drug-likeness (QED) is 0.934. The molecule has 0 spiro atoms. The minimum atomic E-state index is -3.78. The number of sulfonamides is 1. The summed E-state index contributed by atoms with van der Waals surface area (Å²) in [5.74, 6) is 0.729. The monoisotopic (exact) mass is 312 g/mol. The van der Waals surface area contributed by atoms with E-state index in [-0.39, 0.29) is 9.92 Å². The molecule has 0 saturated carbocycles. The van der Waals surface area contributed by atoms with Gasteiger partial charge in [-0.05, 0) is 18.2 Å². The van der Waals surface area contributed by atoms with Crippen LogP contribution in [0.1, 0.15) is 0 Å². The van der Waals surface area contributed by atoms with E-state index in [1.165, 1.54) is 24.7 Å². The SMILES string of the molecule is CN(C)c1ccc(NS(=O)(=O)c2cnccc2Cl)cn1. The lowest BCUT2D eigenvalue weighted by Gasteiger charge is -2.12. The van der Waals surface area contributed by atoms with Crippen LogP contribution in [0.3, 0.4) is 0 Å². The van der Waals surface area contributed by atoms with E-state index < -0.39 is 10.0 Å². The van der Waals surface area contributed by atoms with Gasteiger partial charge < -0.3 is 4.90 Å². The van der Waals surface area contributed by atoms with E-state index in [9.17, 15) is 8.42 Å². The fourth-order valence-corrected chi connectivity index (χ4v) is 2.96. The number of hydrogen-bond acceptors (Lipinski definition) is 5. The van der Waals surface area contributed by atoms with Crippen LogP contribution in [0.25, 0.3) is 0 Å². The average molecular weight is 313 g/mol. The molecule has 0 aliphatic rings. The van der Waals surface area contributed by atoms with Crippen LogP contribution >= 0.6 is 11.6 Å². The highest BCUT2D eigenvalue weighted by Crippen LogP contribution is 2.22. The molecule has 2 aromatic heterocycles. The van der Waals surface area contributed by atoms with Gasteiger partial charge in [-0.1, -0.05) is 11.6 Å². The molecule has 106 valence electrons. The second kappa shape index (κ2) is 5.64. The second-order valence-corrected chi connectivity index (χ2v) is 6.27. The Morgan fingerprint density at radius 1 is 1.20 bits per heavy atom. The summed E-state index contributed by atoms with van der Waals surface area (Å²) in [6, 6.07) is 4.76. The molecule has 8 heteroatoms. The maximum atomic E-state index is 12.2. The lowest BCUT2D eigenvalue weighted by atomic mass is 10.4. The molecular formula is C12H13ClN4O2S. The maximum Gasteiger partial charge on any atom is 0.264 e. The van der Waals surface area contributed by atoms with Crippen molar-refractivity contribution in [2.45, 2.75) is 4.90 Å². The van der Waals surface area contributed by atoms with Gasteiger partial charge in [-0.2, -0.15) is 0 Å². The Balaban J connectivity index is 2.27. The van der Waals surface area contributed by atoms with Gasteiger partial charge in [0.2, 0.25) is 0 Å². The predicted molar refractivity (Wildman–Crippen MR) is 78.6 cm³/mol. The number of pyridine rings is 2. The van der Waals surface area contributed by atoms with Crippen molar-refractivity contribution in [1.29, 1.82) is 0 Å². The number of nitrogens with zero attached hydrogens (tertiary/aromatic N) is 3. The number of halogens is 1. The Morgan fingerprint density at radius 2 is 1.95 bits per heavy atom.